The summed E-state index contributed by atoms with van der Waals surface area (Å²) in [6.07, 6.45) is 0. The van der Waals surface area contributed by atoms with Crippen molar-refractivity contribution in [2.24, 2.45) is 0 Å². The third-order valence-corrected chi connectivity index (χ3v) is 5.59. The van der Waals surface area contributed by atoms with Crippen LogP contribution in [0.3, 0.4) is 0 Å². The third kappa shape index (κ3) is 4.83. The van der Waals surface area contributed by atoms with E-state index in [4.69, 9.17) is 9.97 Å². The molecule has 0 spiro atoms. The number of hydrogen-bond donors (Lipinski definition) is 2. The maximum Gasteiger partial charge on any atom is 0.0968 e. The minimum atomic E-state index is 0.722. The molecular formula is C28H26N4. The van der Waals surface area contributed by atoms with Crippen LogP contribution in [-0.2, 0) is 26.2 Å². The van der Waals surface area contributed by atoms with Gasteiger partial charge in [-0.05, 0) is 23.3 Å². The van der Waals surface area contributed by atoms with Gasteiger partial charge in [-0.3, -0.25) is 0 Å². The quantitative estimate of drug-likeness (QED) is 0.333. The van der Waals surface area contributed by atoms with E-state index in [-0.39, 0.29) is 0 Å². The highest BCUT2D eigenvalue weighted by molar-refractivity contribution is 6.02. The minimum absolute atomic E-state index is 0.722. The molecule has 4 nitrogen and oxygen atoms in total. The van der Waals surface area contributed by atoms with Gasteiger partial charge >= 0.3 is 0 Å². The van der Waals surface area contributed by atoms with Crippen molar-refractivity contribution in [1.82, 2.24) is 20.6 Å². The molecule has 2 N–H and O–H groups in total. The number of rotatable bonds is 8. The number of aromatic nitrogens is 2. The molecule has 0 amide bonds. The third-order valence-electron chi connectivity index (χ3n) is 5.59. The molecule has 0 unspecified atom stereocenters. The Hall–Kier alpha value is -3.60. The van der Waals surface area contributed by atoms with Crippen LogP contribution in [0.1, 0.15) is 22.5 Å². The van der Waals surface area contributed by atoms with Gasteiger partial charge in [-0.15, -0.1) is 0 Å². The van der Waals surface area contributed by atoms with E-state index in [9.17, 15) is 0 Å². The van der Waals surface area contributed by atoms with Gasteiger partial charge in [0, 0.05) is 37.0 Å². The highest BCUT2D eigenvalue weighted by Gasteiger charge is 2.07. The van der Waals surface area contributed by atoms with Gasteiger partial charge in [0.05, 0.1) is 22.4 Å². The van der Waals surface area contributed by atoms with E-state index in [1.165, 1.54) is 11.1 Å². The molecule has 5 aromatic rings. The van der Waals surface area contributed by atoms with E-state index in [0.717, 1.165) is 59.4 Å². The summed E-state index contributed by atoms with van der Waals surface area (Å²) in [5.41, 5.74) is 6.52. The van der Waals surface area contributed by atoms with Gasteiger partial charge in [-0.1, -0.05) is 84.9 Å². The van der Waals surface area contributed by atoms with Crippen molar-refractivity contribution >= 4 is 21.8 Å². The number of hydrogen-bond acceptors (Lipinski definition) is 4. The van der Waals surface area contributed by atoms with E-state index in [2.05, 4.69) is 95.6 Å². The first-order chi connectivity index (χ1) is 15.8. The Morgan fingerprint density at radius 3 is 1.28 bits per heavy atom. The molecule has 158 valence electrons. The fourth-order valence-electron chi connectivity index (χ4n) is 3.91. The molecular weight excluding hydrogens is 392 g/mol. The molecule has 0 bridgehead atoms. The van der Waals surface area contributed by atoms with Crippen molar-refractivity contribution in [2.75, 3.05) is 0 Å². The highest BCUT2D eigenvalue weighted by Crippen LogP contribution is 2.23. The lowest BCUT2D eigenvalue weighted by Gasteiger charge is -2.09. The average Bonchev–Trinajstić information content (AvgIpc) is 2.85. The van der Waals surface area contributed by atoms with Crippen molar-refractivity contribution in [2.45, 2.75) is 26.2 Å². The SMILES string of the molecule is c1ccc(CNCc2ccc3ccc4ccc(CNCc5ccccc5)nc4c3n2)cc1. The second-order valence-electron chi connectivity index (χ2n) is 7.99. The van der Waals surface area contributed by atoms with Gasteiger partial charge < -0.3 is 10.6 Å². The van der Waals surface area contributed by atoms with Crippen molar-refractivity contribution in [3.05, 3.63) is 120 Å². The molecule has 2 heterocycles. The van der Waals surface area contributed by atoms with Crippen molar-refractivity contribution < 1.29 is 0 Å². The van der Waals surface area contributed by atoms with E-state index in [0.29, 0.717) is 0 Å². The van der Waals surface area contributed by atoms with Gasteiger partial charge in [-0.25, -0.2) is 9.97 Å². The zero-order valence-corrected chi connectivity index (χ0v) is 18.0. The zero-order chi connectivity index (χ0) is 21.6. The molecule has 0 atom stereocenters. The van der Waals surface area contributed by atoms with Crippen LogP contribution in [0, 0.1) is 0 Å². The summed E-state index contributed by atoms with van der Waals surface area (Å²) >= 11 is 0. The van der Waals surface area contributed by atoms with Gasteiger partial charge in [0.1, 0.15) is 0 Å². The molecule has 2 aromatic heterocycles. The van der Waals surface area contributed by atoms with Gasteiger partial charge in [0.2, 0.25) is 0 Å². The van der Waals surface area contributed by atoms with Crippen LogP contribution in [0.5, 0.6) is 0 Å². The normalized spacial score (nSPS) is 11.2. The Kier molecular flexibility index (Phi) is 6.15. The first-order valence-electron chi connectivity index (χ1n) is 11.0. The van der Waals surface area contributed by atoms with Crippen LogP contribution in [0.15, 0.2) is 97.1 Å². The van der Waals surface area contributed by atoms with Gasteiger partial charge in [0.25, 0.3) is 0 Å². The molecule has 0 aliphatic heterocycles. The first-order valence-corrected chi connectivity index (χ1v) is 11.0. The van der Waals surface area contributed by atoms with Crippen molar-refractivity contribution in [3.8, 4) is 0 Å². The first kappa shape index (κ1) is 20.3. The molecule has 0 aliphatic carbocycles. The molecule has 0 radical (unpaired) electrons. The highest BCUT2D eigenvalue weighted by atomic mass is 14.9. The predicted molar refractivity (Wildman–Crippen MR) is 131 cm³/mol. The Morgan fingerprint density at radius 1 is 0.438 bits per heavy atom. The van der Waals surface area contributed by atoms with Crippen LogP contribution in [0.4, 0.5) is 0 Å². The number of benzene rings is 3. The van der Waals surface area contributed by atoms with Gasteiger partial charge in [-0.2, -0.15) is 0 Å². The fourth-order valence-corrected chi connectivity index (χ4v) is 3.91. The maximum atomic E-state index is 4.96. The lowest BCUT2D eigenvalue weighted by atomic mass is 10.1. The standard InChI is InChI=1S/C28H26N4/c1-3-7-21(8-4-1)17-29-19-25-15-13-23-11-12-24-14-16-26(32-28(24)27(23)31-25)20-30-18-22-9-5-2-6-10-22/h1-16,29-30H,17-20H2. The largest absolute Gasteiger partial charge is 0.307 e. The summed E-state index contributed by atoms with van der Waals surface area (Å²) in [7, 11) is 0. The molecule has 0 saturated carbocycles. The second-order valence-corrected chi connectivity index (χ2v) is 7.99. The fraction of sp³-hybridized carbons (Fsp3) is 0.143. The molecule has 0 fully saturated rings. The number of nitrogens with one attached hydrogen (secondary N) is 2. The summed E-state index contributed by atoms with van der Waals surface area (Å²) in [4.78, 5) is 9.92. The average molecular weight is 419 g/mol. The topological polar surface area (TPSA) is 49.8 Å². The van der Waals surface area contributed by atoms with Crippen molar-refractivity contribution in [3.63, 3.8) is 0 Å². The number of nitrogens with zero attached hydrogens (tertiary/aromatic N) is 2. The Labute approximate surface area is 188 Å². The van der Waals surface area contributed by atoms with E-state index in [1.807, 2.05) is 12.1 Å². The Balaban J connectivity index is 1.33. The van der Waals surface area contributed by atoms with Crippen LogP contribution < -0.4 is 10.6 Å². The molecule has 0 aliphatic rings. The Bertz CT molecular complexity index is 1210. The van der Waals surface area contributed by atoms with E-state index >= 15 is 0 Å². The van der Waals surface area contributed by atoms with Gasteiger partial charge in [0.15, 0.2) is 0 Å². The lowest BCUT2D eigenvalue weighted by molar-refractivity contribution is 0.680. The number of fused-ring (bicyclic) bond motifs is 3. The molecule has 3 aromatic carbocycles. The summed E-state index contributed by atoms with van der Waals surface area (Å²) in [6.45, 7) is 3.09. The summed E-state index contributed by atoms with van der Waals surface area (Å²) in [6, 6.07) is 33.6. The van der Waals surface area contributed by atoms with Crippen LogP contribution in [-0.4, -0.2) is 9.97 Å². The zero-order valence-electron chi connectivity index (χ0n) is 18.0. The summed E-state index contributed by atoms with van der Waals surface area (Å²) in [5.74, 6) is 0. The Morgan fingerprint density at radius 2 is 0.844 bits per heavy atom. The van der Waals surface area contributed by atoms with Crippen LogP contribution >= 0.6 is 0 Å². The van der Waals surface area contributed by atoms with Crippen LogP contribution in [0.2, 0.25) is 0 Å². The maximum absolute atomic E-state index is 4.96. The predicted octanol–water partition coefficient (Wildman–Crippen LogP) is 5.36. The minimum Gasteiger partial charge on any atom is -0.307 e. The van der Waals surface area contributed by atoms with E-state index in [1.54, 1.807) is 0 Å². The summed E-state index contributed by atoms with van der Waals surface area (Å²) in [5, 5.41) is 9.22. The lowest BCUT2D eigenvalue weighted by Crippen LogP contribution is -2.14. The number of pyridine rings is 2. The molecule has 0 saturated heterocycles. The second kappa shape index (κ2) is 9.69. The molecule has 32 heavy (non-hydrogen) atoms. The molecule has 4 heteroatoms. The smallest absolute Gasteiger partial charge is 0.0968 e. The monoisotopic (exact) mass is 418 g/mol. The summed E-state index contributed by atoms with van der Waals surface area (Å²) < 4.78 is 0. The van der Waals surface area contributed by atoms with E-state index < -0.39 is 0 Å². The van der Waals surface area contributed by atoms with Crippen LogP contribution in [0.25, 0.3) is 21.8 Å². The van der Waals surface area contributed by atoms with Crippen molar-refractivity contribution in [1.29, 1.82) is 0 Å². The molecule has 5 rings (SSSR count).